The zero-order valence-electron chi connectivity index (χ0n) is 14.9. The number of hydrogen-bond donors (Lipinski definition) is 0. The Morgan fingerprint density at radius 2 is 2.04 bits per heavy atom. The highest BCUT2D eigenvalue weighted by Crippen LogP contribution is 2.23. The van der Waals surface area contributed by atoms with Crippen molar-refractivity contribution in [3.8, 4) is 0 Å². The first-order chi connectivity index (χ1) is 11.5. The Bertz CT molecular complexity index is 696. The molecule has 3 rings (SSSR count). The van der Waals surface area contributed by atoms with Crippen molar-refractivity contribution in [2.45, 2.75) is 46.1 Å². The van der Waals surface area contributed by atoms with E-state index in [0.29, 0.717) is 11.8 Å². The van der Waals surface area contributed by atoms with E-state index >= 15 is 0 Å². The number of carbonyl (C=O) groups is 1. The van der Waals surface area contributed by atoms with Crippen molar-refractivity contribution in [3.63, 3.8) is 0 Å². The molecule has 2 heterocycles. The van der Waals surface area contributed by atoms with Crippen molar-refractivity contribution in [1.82, 2.24) is 14.5 Å². The van der Waals surface area contributed by atoms with E-state index in [-0.39, 0.29) is 5.91 Å². The van der Waals surface area contributed by atoms with Gasteiger partial charge in [0.25, 0.3) is 5.91 Å². The molecule has 128 valence electrons. The highest BCUT2D eigenvalue weighted by atomic mass is 16.2. The molecule has 1 aromatic carbocycles. The van der Waals surface area contributed by atoms with Gasteiger partial charge in [0.2, 0.25) is 0 Å². The number of piperidine rings is 1. The maximum absolute atomic E-state index is 12.6. The molecule has 0 spiro atoms. The van der Waals surface area contributed by atoms with Crippen LogP contribution in [0, 0.1) is 12.8 Å². The molecule has 2 aromatic rings. The third-order valence-corrected chi connectivity index (χ3v) is 4.89. The monoisotopic (exact) mass is 325 g/mol. The first-order valence-corrected chi connectivity index (χ1v) is 8.91. The molecule has 1 aromatic heterocycles. The smallest absolute Gasteiger partial charge is 0.253 e. The lowest BCUT2D eigenvalue weighted by Gasteiger charge is -2.32. The van der Waals surface area contributed by atoms with Gasteiger partial charge in [-0.1, -0.05) is 31.5 Å². The number of amides is 1. The average molecular weight is 325 g/mol. The normalized spacial score (nSPS) is 15.9. The van der Waals surface area contributed by atoms with Gasteiger partial charge in [-0.25, -0.2) is 4.98 Å². The summed E-state index contributed by atoms with van der Waals surface area (Å²) in [7, 11) is 0. The van der Waals surface area contributed by atoms with Gasteiger partial charge < -0.3 is 9.47 Å². The molecular weight excluding hydrogens is 298 g/mol. The van der Waals surface area contributed by atoms with Crippen LogP contribution in [0.5, 0.6) is 0 Å². The molecule has 4 heteroatoms. The van der Waals surface area contributed by atoms with E-state index < -0.39 is 0 Å². The van der Waals surface area contributed by atoms with Crippen LogP contribution in [-0.2, 0) is 6.54 Å². The van der Waals surface area contributed by atoms with Gasteiger partial charge in [-0.15, -0.1) is 0 Å². The number of nitrogens with zero attached hydrogens (tertiary/aromatic N) is 3. The minimum Gasteiger partial charge on any atom is -0.339 e. The molecule has 1 saturated heterocycles. The minimum atomic E-state index is 0.169. The second-order valence-electron chi connectivity index (χ2n) is 7.20. The van der Waals surface area contributed by atoms with E-state index in [1.54, 1.807) is 0 Å². The number of aryl methyl sites for hydroxylation is 1. The first-order valence-electron chi connectivity index (χ1n) is 8.91. The lowest BCUT2D eigenvalue weighted by Crippen LogP contribution is -2.39. The van der Waals surface area contributed by atoms with Crippen LogP contribution in [0.25, 0.3) is 0 Å². The lowest BCUT2D eigenvalue weighted by atomic mass is 9.96. The Morgan fingerprint density at radius 3 is 2.71 bits per heavy atom. The van der Waals surface area contributed by atoms with Crippen molar-refractivity contribution in [1.29, 1.82) is 0 Å². The minimum absolute atomic E-state index is 0.169. The van der Waals surface area contributed by atoms with Crippen LogP contribution in [0.15, 0.2) is 36.7 Å². The summed E-state index contributed by atoms with van der Waals surface area (Å²) in [4.78, 5) is 19.1. The summed E-state index contributed by atoms with van der Waals surface area (Å²) in [6.45, 7) is 9.11. The van der Waals surface area contributed by atoms with Gasteiger partial charge in [0, 0.05) is 43.5 Å². The second kappa shape index (κ2) is 7.20. The molecule has 0 saturated carbocycles. The molecule has 24 heavy (non-hydrogen) atoms. The highest BCUT2D eigenvalue weighted by Gasteiger charge is 2.24. The van der Waals surface area contributed by atoms with Crippen LogP contribution in [0.3, 0.4) is 0 Å². The van der Waals surface area contributed by atoms with Crippen molar-refractivity contribution in [2.24, 2.45) is 5.92 Å². The van der Waals surface area contributed by atoms with Gasteiger partial charge in [0.05, 0.1) is 0 Å². The van der Waals surface area contributed by atoms with Crippen molar-refractivity contribution in [3.05, 3.63) is 53.6 Å². The third-order valence-electron chi connectivity index (χ3n) is 4.89. The largest absolute Gasteiger partial charge is 0.339 e. The quantitative estimate of drug-likeness (QED) is 0.856. The fraction of sp³-hybridized carbons (Fsp3) is 0.500. The second-order valence-corrected chi connectivity index (χ2v) is 7.20. The number of benzene rings is 1. The van der Waals surface area contributed by atoms with Gasteiger partial charge in [0.1, 0.15) is 5.82 Å². The lowest BCUT2D eigenvalue weighted by molar-refractivity contribution is 0.0682. The summed E-state index contributed by atoms with van der Waals surface area (Å²) in [6, 6.07) is 7.89. The highest BCUT2D eigenvalue weighted by molar-refractivity contribution is 5.94. The summed E-state index contributed by atoms with van der Waals surface area (Å²) in [5.41, 5.74) is 1.95. The maximum atomic E-state index is 12.6. The number of likely N-dealkylation sites (tertiary alicyclic amines) is 1. The molecule has 1 fully saturated rings. The standard InChI is InChI=1S/C20H27N3O/c1-15(2)19-21-9-12-23(19)14-17-7-10-22(11-8-17)20(24)18-6-4-5-16(3)13-18/h4-6,9,12-13,15,17H,7-8,10-11,14H2,1-3H3. The van der Waals surface area contributed by atoms with E-state index in [1.807, 2.05) is 42.3 Å². The van der Waals surface area contributed by atoms with Crippen LogP contribution in [-0.4, -0.2) is 33.4 Å². The van der Waals surface area contributed by atoms with Crippen LogP contribution in [0.1, 0.15) is 54.4 Å². The average Bonchev–Trinajstić information content (AvgIpc) is 3.03. The fourth-order valence-corrected chi connectivity index (χ4v) is 3.53. The van der Waals surface area contributed by atoms with Gasteiger partial charge in [-0.3, -0.25) is 4.79 Å². The Morgan fingerprint density at radius 1 is 1.29 bits per heavy atom. The van der Waals surface area contributed by atoms with E-state index in [0.717, 1.165) is 49.4 Å². The van der Waals surface area contributed by atoms with Gasteiger partial charge in [-0.05, 0) is 37.8 Å². The van der Waals surface area contributed by atoms with Crippen molar-refractivity contribution >= 4 is 5.91 Å². The molecule has 0 bridgehead atoms. The Kier molecular flexibility index (Phi) is 5.03. The Labute approximate surface area is 144 Å². The summed E-state index contributed by atoms with van der Waals surface area (Å²) in [6.07, 6.45) is 6.10. The molecule has 0 unspecified atom stereocenters. The SMILES string of the molecule is Cc1cccc(C(=O)N2CCC(Cn3ccnc3C(C)C)CC2)c1. The zero-order valence-corrected chi connectivity index (χ0v) is 14.9. The topological polar surface area (TPSA) is 38.1 Å². The Hall–Kier alpha value is -2.10. The maximum Gasteiger partial charge on any atom is 0.253 e. The number of rotatable bonds is 4. The fourth-order valence-electron chi connectivity index (χ4n) is 3.53. The van der Waals surface area contributed by atoms with Gasteiger partial charge in [0.15, 0.2) is 0 Å². The van der Waals surface area contributed by atoms with E-state index in [2.05, 4.69) is 29.6 Å². The van der Waals surface area contributed by atoms with Crippen LogP contribution in [0.4, 0.5) is 0 Å². The summed E-state index contributed by atoms with van der Waals surface area (Å²) in [5, 5.41) is 0. The molecule has 1 aliphatic heterocycles. The predicted molar refractivity (Wildman–Crippen MR) is 96.1 cm³/mol. The molecule has 0 aliphatic carbocycles. The first kappa shape index (κ1) is 16.7. The molecular formula is C20H27N3O. The molecule has 4 nitrogen and oxygen atoms in total. The van der Waals surface area contributed by atoms with Crippen molar-refractivity contribution in [2.75, 3.05) is 13.1 Å². The molecule has 0 atom stereocenters. The molecule has 1 aliphatic rings. The number of carbonyl (C=O) groups excluding carboxylic acids is 1. The Balaban J connectivity index is 1.58. The zero-order chi connectivity index (χ0) is 17.1. The van der Waals surface area contributed by atoms with E-state index in [9.17, 15) is 4.79 Å². The van der Waals surface area contributed by atoms with Crippen LogP contribution in [0.2, 0.25) is 0 Å². The molecule has 0 N–H and O–H groups in total. The molecule has 1 amide bonds. The van der Waals surface area contributed by atoms with Crippen molar-refractivity contribution < 1.29 is 4.79 Å². The third kappa shape index (κ3) is 3.69. The summed E-state index contributed by atoms with van der Waals surface area (Å²) >= 11 is 0. The van der Waals surface area contributed by atoms with Crippen LogP contribution < -0.4 is 0 Å². The number of aromatic nitrogens is 2. The predicted octanol–water partition coefficient (Wildman–Crippen LogP) is 3.87. The van der Waals surface area contributed by atoms with Gasteiger partial charge in [-0.2, -0.15) is 0 Å². The van der Waals surface area contributed by atoms with Gasteiger partial charge >= 0.3 is 0 Å². The summed E-state index contributed by atoms with van der Waals surface area (Å²) < 4.78 is 2.29. The summed E-state index contributed by atoms with van der Waals surface area (Å²) in [5.74, 6) is 2.40. The van der Waals surface area contributed by atoms with E-state index in [1.165, 1.54) is 0 Å². The van der Waals surface area contributed by atoms with Crippen LogP contribution >= 0.6 is 0 Å². The van der Waals surface area contributed by atoms with E-state index in [4.69, 9.17) is 0 Å². The molecule has 0 radical (unpaired) electrons. The number of imidazole rings is 1. The number of hydrogen-bond acceptors (Lipinski definition) is 2.